The van der Waals surface area contributed by atoms with E-state index in [4.69, 9.17) is 4.74 Å². The second-order valence-corrected chi connectivity index (χ2v) is 4.24. The van der Waals surface area contributed by atoms with Gasteiger partial charge in [-0.2, -0.15) is 0 Å². The van der Waals surface area contributed by atoms with E-state index in [0.717, 1.165) is 6.61 Å². The van der Waals surface area contributed by atoms with Crippen molar-refractivity contribution in [2.75, 3.05) is 6.61 Å². The molecule has 1 rings (SSSR count). The molecule has 1 heteroatoms. The van der Waals surface area contributed by atoms with Crippen LogP contribution in [0, 0.1) is 0 Å². The summed E-state index contributed by atoms with van der Waals surface area (Å²) in [5.74, 6) is 0. The highest BCUT2D eigenvalue weighted by Crippen LogP contribution is 2.12. The van der Waals surface area contributed by atoms with Crippen LogP contribution in [0.3, 0.4) is 0 Å². The highest BCUT2D eigenvalue weighted by molar-refractivity contribution is 5.14. The monoisotopic (exact) mass is 220 g/mol. The summed E-state index contributed by atoms with van der Waals surface area (Å²) in [4.78, 5) is 0. The molecule has 1 nitrogen and oxygen atoms in total. The van der Waals surface area contributed by atoms with Crippen molar-refractivity contribution in [3.8, 4) is 0 Å². The highest BCUT2D eigenvalue weighted by atomic mass is 16.5. The molecule has 0 aliphatic rings. The molecule has 1 aromatic carbocycles. The topological polar surface area (TPSA) is 9.23 Å². The van der Waals surface area contributed by atoms with Gasteiger partial charge in [-0.3, -0.25) is 0 Å². The largest absolute Gasteiger partial charge is 0.379 e. The van der Waals surface area contributed by atoms with Gasteiger partial charge in [0.25, 0.3) is 0 Å². The van der Waals surface area contributed by atoms with E-state index in [9.17, 15) is 0 Å². The van der Waals surface area contributed by atoms with Gasteiger partial charge in [0.15, 0.2) is 0 Å². The Labute approximate surface area is 99.8 Å². The normalized spacial score (nSPS) is 12.6. The second-order valence-electron chi connectivity index (χ2n) is 4.24. The maximum absolute atomic E-state index is 5.72. The molecular weight excluding hydrogens is 196 g/mol. The average molecular weight is 220 g/mol. The number of hydrogen-bond acceptors (Lipinski definition) is 1. The molecule has 0 saturated heterocycles. The van der Waals surface area contributed by atoms with Gasteiger partial charge in [-0.25, -0.2) is 0 Å². The van der Waals surface area contributed by atoms with Crippen LogP contribution < -0.4 is 0 Å². The zero-order chi connectivity index (χ0) is 11.6. The van der Waals surface area contributed by atoms with Gasteiger partial charge in [0.2, 0.25) is 0 Å². The Morgan fingerprint density at radius 2 is 1.81 bits per heavy atom. The maximum atomic E-state index is 5.72. The van der Waals surface area contributed by atoms with Crippen LogP contribution >= 0.6 is 0 Å². The second kappa shape index (κ2) is 8.35. The van der Waals surface area contributed by atoms with Crippen molar-refractivity contribution in [3.63, 3.8) is 0 Å². The third-order valence-corrected chi connectivity index (χ3v) is 2.85. The molecule has 0 bridgehead atoms. The van der Waals surface area contributed by atoms with Gasteiger partial charge in [0, 0.05) is 6.61 Å². The van der Waals surface area contributed by atoms with E-state index in [-0.39, 0.29) is 0 Å². The lowest BCUT2D eigenvalue weighted by Crippen LogP contribution is -2.12. The first kappa shape index (κ1) is 13.2. The Morgan fingerprint density at radius 1 is 1.06 bits per heavy atom. The quantitative estimate of drug-likeness (QED) is 0.637. The van der Waals surface area contributed by atoms with Crippen LogP contribution in [0.1, 0.15) is 45.1 Å². The van der Waals surface area contributed by atoms with Gasteiger partial charge in [-0.05, 0) is 38.2 Å². The zero-order valence-electron chi connectivity index (χ0n) is 10.6. The van der Waals surface area contributed by atoms with Crippen LogP contribution in [-0.4, -0.2) is 12.7 Å². The van der Waals surface area contributed by atoms with Crippen LogP contribution in [0.15, 0.2) is 30.3 Å². The molecule has 0 spiro atoms. The minimum atomic E-state index is 0.471. The minimum absolute atomic E-state index is 0.471. The van der Waals surface area contributed by atoms with Crippen molar-refractivity contribution in [2.24, 2.45) is 0 Å². The van der Waals surface area contributed by atoms with Gasteiger partial charge >= 0.3 is 0 Å². The number of ether oxygens (including phenoxy) is 1. The van der Waals surface area contributed by atoms with Crippen LogP contribution in [0.25, 0.3) is 0 Å². The van der Waals surface area contributed by atoms with E-state index in [1.807, 2.05) is 0 Å². The van der Waals surface area contributed by atoms with Crippen molar-refractivity contribution in [3.05, 3.63) is 35.9 Å². The van der Waals surface area contributed by atoms with Gasteiger partial charge in [-0.15, -0.1) is 0 Å². The Kier molecular flexibility index (Phi) is 6.91. The SMILES string of the molecule is CCCC(CCCc1ccccc1)OCC. The first-order valence-corrected chi connectivity index (χ1v) is 6.52. The summed E-state index contributed by atoms with van der Waals surface area (Å²) < 4.78 is 5.72. The van der Waals surface area contributed by atoms with Crippen LogP contribution in [0.5, 0.6) is 0 Å². The molecule has 0 heterocycles. The lowest BCUT2D eigenvalue weighted by Gasteiger charge is -2.15. The van der Waals surface area contributed by atoms with Crippen LogP contribution in [0.2, 0.25) is 0 Å². The van der Waals surface area contributed by atoms with Gasteiger partial charge < -0.3 is 4.74 Å². The summed E-state index contributed by atoms with van der Waals surface area (Å²) in [5.41, 5.74) is 1.44. The number of rotatable bonds is 8. The lowest BCUT2D eigenvalue weighted by molar-refractivity contribution is 0.0489. The molecule has 0 aliphatic heterocycles. The molecule has 0 saturated carbocycles. The Balaban J connectivity index is 2.22. The van der Waals surface area contributed by atoms with E-state index in [2.05, 4.69) is 44.2 Å². The van der Waals surface area contributed by atoms with E-state index in [1.165, 1.54) is 37.7 Å². The third-order valence-electron chi connectivity index (χ3n) is 2.85. The van der Waals surface area contributed by atoms with Gasteiger partial charge in [0.05, 0.1) is 6.10 Å². The fourth-order valence-corrected chi connectivity index (χ4v) is 2.05. The van der Waals surface area contributed by atoms with Crippen molar-refractivity contribution >= 4 is 0 Å². The van der Waals surface area contributed by atoms with E-state index < -0.39 is 0 Å². The molecular formula is C15H24O. The fourth-order valence-electron chi connectivity index (χ4n) is 2.05. The van der Waals surface area contributed by atoms with Crippen LogP contribution in [-0.2, 0) is 11.2 Å². The standard InChI is InChI=1S/C15H24O/c1-3-9-15(16-4-2)13-8-12-14-10-6-5-7-11-14/h5-7,10-11,15H,3-4,8-9,12-13H2,1-2H3. The molecule has 0 radical (unpaired) electrons. The smallest absolute Gasteiger partial charge is 0.0575 e. The fraction of sp³-hybridized carbons (Fsp3) is 0.600. The van der Waals surface area contributed by atoms with Crippen LogP contribution in [0.4, 0.5) is 0 Å². The number of aryl methyl sites for hydroxylation is 1. The molecule has 1 aromatic rings. The Morgan fingerprint density at radius 3 is 2.44 bits per heavy atom. The molecule has 16 heavy (non-hydrogen) atoms. The summed E-state index contributed by atoms with van der Waals surface area (Å²) in [6, 6.07) is 10.7. The summed E-state index contributed by atoms with van der Waals surface area (Å²) in [6.45, 7) is 5.15. The molecule has 1 atom stereocenters. The first-order valence-electron chi connectivity index (χ1n) is 6.52. The first-order chi connectivity index (χ1) is 7.86. The average Bonchev–Trinajstić information content (AvgIpc) is 2.31. The molecule has 90 valence electrons. The lowest BCUT2D eigenvalue weighted by atomic mass is 10.0. The molecule has 0 amide bonds. The van der Waals surface area contributed by atoms with E-state index >= 15 is 0 Å². The summed E-state index contributed by atoms with van der Waals surface area (Å²) in [5, 5.41) is 0. The molecule has 0 aliphatic carbocycles. The van der Waals surface area contributed by atoms with Crippen molar-refractivity contribution < 1.29 is 4.74 Å². The molecule has 0 aromatic heterocycles. The van der Waals surface area contributed by atoms with E-state index in [0.29, 0.717) is 6.10 Å². The zero-order valence-corrected chi connectivity index (χ0v) is 10.6. The summed E-state index contributed by atoms with van der Waals surface area (Å²) in [7, 11) is 0. The molecule has 0 N–H and O–H groups in total. The van der Waals surface area contributed by atoms with Gasteiger partial charge in [0.1, 0.15) is 0 Å². The molecule has 0 fully saturated rings. The maximum Gasteiger partial charge on any atom is 0.0575 e. The third kappa shape index (κ3) is 5.32. The van der Waals surface area contributed by atoms with Crippen molar-refractivity contribution in [2.45, 2.75) is 52.1 Å². The predicted molar refractivity (Wildman–Crippen MR) is 69.7 cm³/mol. The highest BCUT2D eigenvalue weighted by Gasteiger charge is 2.06. The van der Waals surface area contributed by atoms with Crippen molar-refractivity contribution in [1.82, 2.24) is 0 Å². The summed E-state index contributed by atoms with van der Waals surface area (Å²) in [6.07, 6.45) is 6.48. The summed E-state index contributed by atoms with van der Waals surface area (Å²) >= 11 is 0. The van der Waals surface area contributed by atoms with E-state index in [1.54, 1.807) is 0 Å². The Bertz CT molecular complexity index is 249. The minimum Gasteiger partial charge on any atom is -0.379 e. The Hall–Kier alpha value is -0.820. The predicted octanol–water partition coefficient (Wildman–Crippen LogP) is 4.21. The number of hydrogen-bond donors (Lipinski definition) is 0. The van der Waals surface area contributed by atoms with Crippen molar-refractivity contribution in [1.29, 1.82) is 0 Å². The van der Waals surface area contributed by atoms with Gasteiger partial charge in [-0.1, -0.05) is 43.7 Å². The molecule has 1 unspecified atom stereocenters. The number of benzene rings is 1.